The van der Waals surface area contributed by atoms with Crippen molar-refractivity contribution in [3.05, 3.63) is 30.1 Å². The van der Waals surface area contributed by atoms with Crippen LogP contribution in [0, 0.1) is 5.82 Å². The molecule has 2 aromatic rings. The second-order valence-electron chi connectivity index (χ2n) is 4.47. The Morgan fingerprint density at radius 3 is 2.67 bits per heavy atom. The molecule has 2 N–H and O–H groups in total. The van der Waals surface area contributed by atoms with Gasteiger partial charge in [0.05, 0.1) is 0 Å². The van der Waals surface area contributed by atoms with Gasteiger partial charge in [0.15, 0.2) is 0 Å². The third-order valence-electron chi connectivity index (χ3n) is 3.21. The van der Waals surface area contributed by atoms with Crippen molar-refractivity contribution < 1.29 is 8.91 Å². The van der Waals surface area contributed by atoms with Gasteiger partial charge in [-0.15, -0.1) is 0 Å². The van der Waals surface area contributed by atoms with E-state index < -0.39 is 0 Å². The largest absolute Gasteiger partial charge is 0.371 e. The topological polar surface area (TPSA) is 55.3 Å². The van der Waals surface area contributed by atoms with E-state index in [1.54, 1.807) is 12.1 Å². The summed E-state index contributed by atoms with van der Waals surface area (Å²) in [5.74, 6) is -0.0452. The van der Waals surface area contributed by atoms with Gasteiger partial charge in [0.2, 0.25) is 5.88 Å². The van der Waals surface area contributed by atoms with E-state index in [9.17, 15) is 4.39 Å². The van der Waals surface area contributed by atoms with E-state index in [2.05, 4.69) is 10.1 Å². The van der Waals surface area contributed by atoms with Crippen LogP contribution in [0.4, 0.5) is 16.0 Å². The molecule has 1 aliphatic rings. The van der Waals surface area contributed by atoms with Gasteiger partial charge in [0, 0.05) is 30.4 Å². The smallest absolute Gasteiger partial charge is 0.222 e. The van der Waals surface area contributed by atoms with Gasteiger partial charge in [-0.2, -0.15) is 0 Å². The molecule has 0 bridgehead atoms. The standard InChI is InChI=1S/C13H14FN3O/c14-9-3-4-12(17-5-1-2-6-17)10(7-9)11-8-13(15)18-16-11/h3-4,7-8H,1-2,5-6,15H2. The number of hydrogen-bond acceptors (Lipinski definition) is 4. The lowest BCUT2D eigenvalue weighted by atomic mass is 10.1. The first-order chi connectivity index (χ1) is 8.74. The van der Waals surface area contributed by atoms with Crippen molar-refractivity contribution in [2.75, 3.05) is 23.7 Å². The molecular weight excluding hydrogens is 233 g/mol. The highest BCUT2D eigenvalue weighted by atomic mass is 19.1. The van der Waals surface area contributed by atoms with E-state index >= 15 is 0 Å². The molecular formula is C13H14FN3O. The maximum Gasteiger partial charge on any atom is 0.222 e. The fourth-order valence-corrected chi connectivity index (χ4v) is 2.36. The lowest BCUT2D eigenvalue weighted by Gasteiger charge is -2.20. The molecule has 0 saturated carbocycles. The molecule has 18 heavy (non-hydrogen) atoms. The maximum absolute atomic E-state index is 13.4. The fourth-order valence-electron chi connectivity index (χ4n) is 2.36. The molecule has 94 valence electrons. The lowest BCUT2D eigenvalue weighted by Crippen LogP contribution is -2.18. The number of rotatable bonds is 2. The normalized spacial score (nSPS) is 15.3. The number of hydrogen-bond donors (Lipinski definition) is 1. The van der Waals surface area contributed by atoms with Gasteiger partial charge in [0.25, 0.3) is 0 Å². The second-order valence-corrected chi connectivity index (χ2v) is 4.47. The molecule has 1 aliphatic heterocycles. The molecule has 4 nitrogen and oxygen atoms in total. The van der Waals surface area contributed by atoms with Crippen molar-refractivity contribution in [3.8, 4) is 11.3 Å². The average Bonchev–Trinajstić information content (AvgIpc) is 2.99. The van der Waals surface area contributed by atoms with Crippen LogP contribution in [-0.4, -0.2) is 18.2 Å². The third-order valence-corrected chi connectivity index (χ3v) is 3.21. The van der Waals surface area contributed by atoms with Gasteiger partial charge in [-0.1, -0.05) is 5.16 Å². The Labute approximate surface area is 104 Å². The summed E-state index contributed by atoms with van der Waals surface area (Å²) in [6.45, 7) is 1.98. The Balaban J connectivity index is 2.08. The highest BCUT2D eigenvalue weighted by Crippen LogP contribution is 2.33. The maximum atomic E-state index is 13.4. The number of anilines is 2. The van der Waals surface area contributed by atoms with Crippen LogP contribution in [-0.2, 0) is 0 Å². The van der Waals surface area contributed by atoms with E-state index in [-0.39, 0.29) is 11.7 Å². The molecule has 0 aliphatic carbocycles. The number of aromatic nitrogens is 1. The summed E-state index contributed by atoms with van der Waals surface area (Å²) in [6.07, 6.45) is 2.33. The number of benzene rings is 1. The van der Waals surface area contributed by atoms with Gasteiger partial charge < -0.3 is 15.2 Å². The molecule has 3 rings (SSSR count). The van der Waals surface area contributed by atoms with Crippen LogP contribution < -0.4 is 10.6 Å². The highest BCUT2D eigenvalue weighted by molar-refractivity contribution is 5.77. The average molecular weight is 247 g/mol. The number of nitrogens with two attached hydrogens (primary N) is 1. The number of nitrogen functional groups attached to an aromatic ring is 1. The van der Waals surface area contributed by atoms with Gasteiger partial charge in [-0.3, -0.25) is 0 Å². The second kappa shape index (κ2) is 4.33. The summed E-state index contributed by atoms with van der Waals surface area (Å²) in [5.41, 5.74) is 7.82. The molecule has 1 saturated heterocycles. The van der Waals surface area contributed by atoms with Crippen molar-refractivity contribution in [2.24, 2.45) is 0 Å². The monoisotopic (exact) mass is 247 g/mol. The third kappa shape index (κ3) is 1.92. The van der Waals surface area contributed by atoms with Gasteiger partial charge in [-0.25, -0.2) is 4.39 Å². The molecule has 0 unspecified atom stereocenters. The summed E-state index contributed by atoms with van der Waals surface area (Å²) >= 11 is 0. The van der Waals surface area contributed by atoms with Crippen LogP contribution >= 0.6 is 0 Å². The van der Waals surface area contributed by atoms with Gasteiger partial charge in [0.1, 0.15) is 11.5 Å². The first-order valence-corrected chi connectivity index (χ1v) is 6.01. The van der Waals surface area contributed by atoms with Crippen LogP contribution in [0.3, 0.4) is 0 Å². The Kier molecular flexibility index (Phi) is 2.66. The Hall–Kier alpha value is -2.04. The van der Waals surface area contributed by atoms with Gasteiger partial charge in [-0.05, 0) is 31.0 Å². The molecule has 1 aromatic carbocycles. The van der Waals surface area contributed by atoms with E-state index in [0.29, 0.717) is 5.69 Å². The minimum atomic E-state index is -0.283. The van der Waals surface area contributed by atoms with E-state index in [1.165, 1.54) is 12.1 Å². The van der Waals surface area contributed by atoms with Crippen LogP contribution in [0.2, 0.25) is 0 Å². The molecule has 2 heterocycles. The van der Waals surface area contributed by atoms with E-state index in [1.807, 2.05) is 0 Å². The molecule has 1 aromatic heterocycles. The van der Waals surface area contributed by atoms with Crippen LogP contribution in [0.15, 0.2) is 28.8 Å². The highest BCUT2D eigenvalue weighted by Gasteiger charge is 2.18. The SMILES string of the molecule is Nc1cc(-c2cc(F)ccc2N2CCCC2)no1. The zero-order valence-electron chi connectivity index (χ0n) is 9.90. The minimum absolute atomic E-state index is 0.238. The summed E-state index contributed by atoms with van der Waals surface area (Å²) in [5, 5.41) is 3.87. The van der Waals surface area contributed by atoms with Crippen LogP contribution in [0.25, 0.3) is 11.3 Å². The zero-order chi connectivity index (χ0) is 12.5. The summed E-state index contributed by atoms with van der Waals surface area (Å²) in [4.78, 5) is 2.24. The van der Waals surface area contributed by atoms with Crippen LogP contribution in [0.5, 0.6) is 0 Å². The van der Waals surface area contributed by atoms with Gasteiger partial charge >= 0.3 is 0 Å². The van der Waals surface area contributed by atoms with E-state index in [0.717, 1.165) is 37.2 Å². The molecule has 0 radical (unpaired) electrons. The molecule has 5 heteroatoms. The van der Waals surface area contributed by atoms with Crippen molar-refractivity contribution in [1.82, 2.24) is 5.16 Å². The molecule has 0 atom stereocenters. The summed E-state index contributed by atoms with van der Waals surface area (Å²) < 4.78 is 18.3. The number of nitrogens with zero attached hydrogens (tertiary/aromatic N) is 2. The predicted molar refractivity (Wildman–Crippen MR) is 67.8 cm³/mol. The molecule has 1 fully saturated rings. The van der Waals surface area contributed by atoms with Crippen molar-refractivity contribution in [2.45, 2.75) is 12.8 Å². The lowest BCUT2D eigenvalue weighted by molar-refractivity contribution is 0.439. The summed E-state index contributed by atoms with van der Waals surface area (Å²) in [7, 11) is 0. The first kappa shape index (κ1) is 11.1. The van der Waals surface area contributed by atoms with Crippen LogP contribution in [0.1, 0.15) is 12.8 Å². The minimum Gasteiger partial charge on any atom is -0.371 e. The van der Waals surface area contributed by atoms with Crippen molar-refractivity contribution in [1.29, 1.82) is 0 Å². The summed E-state index contributed by atoms with van der Waals surface area (Å²) in [6, 6.07) is 6.36. The Morgan fingerprint density at radius 1 is 1.22 bits per heavy atom. The number of halogens is 1. The quantitative estimate of drug-likeness (QED) is 0.886. The van der Waals surface area contributed by atoms with E-state index in [4.69, 9.17) is 10.3 Å². The first-order valence-electron chi connectivity index (χ1n) is 6.01. The Morgan fingerprint density at radius 2 is 2.00 bits per heavy atom. The van der Waals surface area contributed by atoms with Crippen molar-refractivity contribution in [3.63, 3.8) is 0 Å². The van der Waals surface area contributed by atoms with Crippen molar-refractivity contribution >= 4 is 11.6 Å². The zero-order valence-corrected chi connectivity index (χ0v) is 9.90. The Bertz CT molecular complexity index is 561. The fraction of sp³-hybridized carbons (Fsp3) is 0.308. The predicted octanol–water partition coefficient (Wildman–Crippen LogP) is 2.66. The molecule has 0 amide bonds. The molecule has 0 spiro atoms.